The van der Waals surface area contributed by atoms with E-state index < -0.39 is 35.7 Å². The number of piperidine rings is 1. The minimum absolute atomic E-state index is 0.0500. The van der Waals surface area contributed by atoms with Crippen LogP contribution >= 0.6 is 0 Å². The minimum Gasteiger partial charge on any atom is -0.459 e. The molecule has 2 unspecified atom stereocenters. The Balaban J connectivity index is 1.03. The lowest BCUT2D eigenvalue weighted by atomic mass is 9.98. The van der Waals surface area contributed by atoms with Crippen LogP contribution in [0.5, 0.6) is 0 Å². The summed E-state index contributed by atoms with van der Waals surface area (Å²) in [7, 11) is 0. The van der Waals surface area contributed by atoms with Gasteiger partial charge in [0.25, 0.3) is 11.8 Å². The van der Waals surface area contributed by atoms with Crippen LogP contribution < -0.4 is 10.6 Å². The van der Waals surface area contributed by atoms with E-state index in [-0.39, 0.29) is 36.4 Å². The maximum Gasteiger partial charge on any atom is 0.262 e. The Morgan fingerprint density at radius 1 is 1.02 bits per heavy atom. The first-order valence-electron chi connectivity index (χ1n) is 14.8. The fraction of sp³-hybridized carbons (Fsp3) is 0.212. The average Bonchev–Trinajstić information content (AvgIpc) is 3.76. The van der Waals surface area contributed by atoms with Crippen molar-refractivity contribution in [3.05, 3.63) is 113 Å². The predicted molar refractivity (Wildman–Crippen MR) is 161 cm³/mol. The molecule has 5 heterocycles. The van der Waals surface area contributed by atoms with Gasteiger partial charge in [-0.3, -0.25) is 39.2 Å². The molecule has 2 aliphatic heterocycles. The summed E-state index contributed by atoms with van der Waals surface area (Å²) in [5.41, 5.74) is 3.15. The van der Waals surface area contributed by atoms with E-state index in [0.717, 1.165) is 15.8 Å². The van der Waals surface area contributed by atoms with Gasteiger partial charge in [0.2, 0.25) is 17.7 Å². The maximum atomic E-state index is 13.4. The van der Waals surface area contributed by atoms with Gasteiger partial charge in [-0.05, 0) is 49.1 Å². The highest BCUT2D eigenvalue weighted by Crippen LogP contribution is 2.31. The van der Waals surface area contributed by atoms with Crippen LogP contribution in [0.3, 0.4) is 0 Å². The van der Waals surface area contributed by atoms with E-state index in [1.807, 2.05) is 36.4 Å². The van der Waals surface area contributed by atoms with E-state index in [1.165, 1.54) is 4.68 Å². The number of nitrogens with one attached hydrogen (secondary N) is 2. The molecule has 0 aliphatic carbocycles. The van der Waals surface area contributed by atoms with Crippen molar-refractivity contribution < 1.29 is 28.4 Å². The number of furan rings is 1. The van der Waals surface area contributed by atoms with Gasteiger partial charge in [0.05, 0.1) is 16.8 Å². The van der Waals surface area contributed by atoms with Crippen LogP contribution in [0.1, 0.15) is 62.2 Å². The molecule has 0 saturated carbocycles. The number of rotatable bonds is 9. The third-order valence-corrected chi connectivity index (χ3v) is 8.15. The van der Waals surface area contributed by atoms with Crippen molar-refractivity contribution in [2.24, 2.45) is 0 Å². The van der Waals surface area contributed by atoms with Gasteiger partial charge in [0.15, 0.2) is 0 Å². The number of aromatic nitrogens is 4. The van der Waals surface area contributed by atoms with E-state index in [4.69, 9.17) is 4.42 Å². The van der Waals surface area contributed by atoms with Crippen LogP contribution in [0.15, 0.2) is 83.7 Å². The second-order valence-electron chi connectivity index (χ2n) is 11.2. The Bertz CT molecular complexity index is 1980. The average molecular weight is 618 g/mol. The lowest BCUT2D eigenvalue weighted by Crippen LogP contribution is -2.54. The Labute approximate surface area is 261 Å². The number of carbonyl (C=O) groups excluding carboxylic acids is 5. The highest BCUT2D eigenvalue weighted by molar-refractivity contribution is 6.24. The Kier molecular flexibility index (Phi) is 7.41. The summed E-state index contributed by atoms with van der Waals surface area (Å²) < 4.78 is 7.48. The van der Waals surface area contributed by atoms with Gasteiger partial charge >= 0.3 is 0 Å². The summed E-state index contributed by atoms with van der Waals surface area (Å²) in [6.45, 7) is -0.0986. The molecule has 13 nitrogen and oxygen atoms in total. The zero-order chi connectivity index (χ0) is 31.8. The van der Waals surface area contributed by atoms with Crippen molar-refractivity contribution in [3.63, 3.8) is 0 Å². The number of nitrogens with zero attached hydrogens (tertiary/aromatic N) is 5. The fourth-order valence-corrected chi connectivity index (χ4v) is 5.95. The molecule has 2 aliphatic rings. The molecule has 0 spiro atoms. The molecule has 0 radical (unpaired) electrons. The van der Waals surface area contributed by atoms with Crippen molar-refractivity contribution in [1.29, 1.82) is 0 Å². The molecule has 5 amide bonds. The number of pyridine rings is 1. The summed E-state index contributed by atoms with van der Waals surface area (Å²) in [6, 6.07) is 16.5. The second-order valence-corrected chi connectivity index (χ2v) is 11.2. The smallest absolute Gasteiger partial charge is 0.262 e. The quantitative estimate of drug-likeness (QED) is 0.236. The van der Waals surface area contributed by atoms with Crippen molar-refractivity contribution in [3.8, 4) is 0 Å². The second kappa shape index (κ2) is 11.8. The van der Waals surface area contributed by atoms with Crippen molar-refractivity contribution in [2.75, 3.05) is 0 Å². The number of aryl methyl sites for hydroxylation is 2. The first-order valence-corrected chi connectivity index (χ1v) is 14.8. The molecular weight excluding hydrogens is 590 g/mol. The van der Waals surface area contributed by atoms with E-state index >= 15 is 0 Å². The van der Waals surface area contributed by atoms with Gasteiger partial charge in [-0.2, -0.15) is 0 Å². The summed E-state index contributed by atoms with van der Waals surface area (Å²) in [5, 5.41) is 14.5. The Morgan fingerprint density at radius 3 is 2.70 bits per heavy atom. The van der Waals surface area contributed by atoms with Gasteiger partial charge in [-0.15, -0.1) is 5.10 Å². The molecule has 2 atom stereocenters. The topological polar surface area (TPSA) is 169 Å². The molecule has 5 aromatic rings. The summed E-state index contributed by atoms with van der Waals surface area (Å²) >= 11 is 0. The SMILES string of the molecule is O=C1CCC(N2C(=O)c3cccc(CCc4cn(CC(=O)NC(c5cccnc5)c5cc6ccccc6o5)nn4)c3C2=O)C(=O)N1. The molecule has 7 rings (SSSR count). The van der Waals surface area contributed by atoms with Crippen LogP contribution in [0.4, 0.5) is 0 Å². The lowest BCUT2D eigenvalue weighted by molar-refractivity contribution is -0.136. The van der Waals surface area contributed by atoms with Gasteiger partial charge in [-0.25, -0.2) is 4.68 Å². The van der Waals surface area contributed by atoms with Gasteiger partial charge in [-0.1, -0.05) is 41.6 Å². The highest BCUT2D eigenvalue weighted by Gasteiger charge is 2.45. The van der Waals surface area contributed by atoms with Crippen LogP contribution in [0.2, 0.25) is 0 Å². The van der Waals surface area contributed by atoms with Gasteiger partial charge in [0.1, 0.15) is 30.0 Å². The number of hydrogen-bond acceptors (Lipinski definition) is 9. The van der Waals surface area contributed by atoms with Crippen LogP contribution in [-0.2, 0) is 33.8 Å². The third-order valence-electron chi connectivity index (χ3n) is 8.15. The summed E-state index contributed by atoms with van der Waals surface area (Å²) in [5.74, 6) is -1.94. The zero-order valence-corrected chi connectivity index (χ0v) is 24.4. The van der Waals surface area contributed by atoms with Gasteiger partial charge in [0, 0.05) is 36.0 Å². The third kappa shape index (κ3) is 5.42. The Hall–Kier alpha value is -5.98. The molecule has 46 heavy (non-hydrogen) atoms. The minimum atomic E-state index is -1.03. The zero-order valence-electron chi connectivity index (χ0n) is 24.4. The molecule has 2 aromatic carbocycles. The summed E-state index contributed by atoms with van der Waals surface area (Å²) in [6.07, 6.45) is 5.88. The molecule has 2 N–H and O–H groups in total. The van der Waals surface area contributed by atoms with Crippen LogP contribution in [0.25, 0.3) is 11.0 Å². The fourth-order valence-electron chi connectivity index (χ4n) is 5.95. The molecule has 1 fully saturated rings. The molecule has 230 valence electrons. The van der Waals surface area contributed by atoms with E-state index in [2.05, 4.69) is 25.9 Å². The number of imide groups is 2. The van der Waals surface area contributed by atoms with Gasteiger partial charge < -0.3 is 9.73 Å². The van der Waals surface area contributed by atoms with Crippen molar-refractivity contribution >= 4 is 40.5 Å². The van der Waals surface area contributed by atoms with Crippen LogP contribution in [-0.4, -0.2) is 60.5 Å². The first-order chi connectivity index (χ1) is 22.4. The number of amides is 5. The molecule has 13 heteroatoms. The monoisotopic (exact) mass is 617 g/mol. The number of hydrogen-bond donors (Lipinski definition) is 2. The van der Waals surface area contributed by atoms with Crippen molar-refractivity contribution in [1.82, 2.24) is 35.5 Å². The normalized spacial score (nSPS) is 16.9. The maximum absolute atomic E-state index is 13.4. The van der Waals surface area contributed by atoms with E-state index in [0.29, 0.717) is 35.4 Å². The number of benzene rings is 2. The Morgan fingerprint density at radius 2 is 1.89 bits per heavy atom. The largest absolute Gasteiger partial charge is 0.459 e. The molecule has 0 bridgehead atoms. The predicted octanol–water partition coefficient (Wildman–Crippen LogP) is 2.51. The van der Waals surface area contributed by atoms with E-state index in [9.17, 15) is 24.0 Å². The lowest BCUT2D eigenvalue weighted by Gasteiger charge is -2.27. The number of fused-ring (bicyclic) bond motifs is 2. The van der Waals surface area contributed by atoms with E-state index in [1.54, 1.807) is 42.9 Å². The molecule has 1 saturated heterocycles. The number of carbonyl (C=O) groups is 5. The highest BCUT2D eigenvalue weighted by atomic mass is 16.3. The summed E-state index contributed by atoms with van der Waals surface area (Å²) in [4.78, 5) is 68.9. The first kappa shape index (κ1) is 28.8. The van der Waals surface area contributed by atoms with Crippen LogP contribution in [0, 0.1) is 0 Å². The standard InChI is InChI=1S/C33H27N7O6/c41-27-13-12-24(31(43)36-27)40-32(44)23-8-3-6-19(29(23)33(40)45)10-11-22-17-39(38-37-22)18-28(42)35-30(21-7-4-14-34-16-21)26-15-20-5-1-2-9-25(20)46-26/h1-9,14-17,24,30H,10-13,18H2,(H,35,42)(H,36,41,43). The molecule has 3 aromatic heterocycles. The number of para-hydroxylation sites is 1. The molecular formula is C33H27N7O6. The van der Waals surface area contributed by atoms with Crippen molar-refractivity contribution in [2.45, 2.75) is 44.3 Å².